The molecule has 186 valence electrons. The SMILES string of the molecule is COc1ccc(S(=O)(=O)N2CCCCC2)cc1CCC(=O)N[C@H](C)COc1ccc(C)c(C)c1. The quantitative estimate of drug-likeness (QED) is 0.546. The second-order valence-electron chi connectivity index (χ2n) is 8.96. The molecular formula is C26H36N2O5S. The fourth-order valence-electron chi connectivity index (χ4n) is 4.03. The lowest BCUT2D eigenvalue weighted by atomic mass is 10.1. The van der Waals surface area contributed by atoms with E-state index in [1.165, 1.54) is 5.56 Å². The first-order valence-corrected chi connectivity index (χ1v) is 13.3. The minimum absolute atomic E-state index is 0.123. The zero-order valence-electron chi connectivity index (χ0n) is 20.6. The van der Waals surface area contributed by atoms with Gasteiger partial charge in [0, 0.05) is 19.5 Å². The van der Waals surface area contributed by atoms with E-state index in [1.54, 1.807) is 29.6 Å². The van der Waals surface area contributed by atoms with Crippen LogP contribution in [0.3, 0.4) is 0 Å². The van der Waals surface area contributed by atoms with Gasteiger partial charge in [-0.25, -0.2) is 8.42 Å². The van der Waals surface area contributed by atoms with Crippen molar-refractivity contribution in [3.8, 4) is 11.5 Å². The van der Waals surface area contributed by atoms with Crippen LogP contribution >= 0.6 is 0 Å². The van der Waals surface area contributed by atoms with Gasteiger partial charge in [-0.2, -0.15) is 4.31 Å². The van der Waals surface area contributed by atoms with Crippen molar-refractivity contribution >= 4 is 15.9 Å². The van der Waals surface area contributed by atoms with E-state index in [9.17, 15) is 13.2 Å². The molecule has 0 radical (unpaired) electrons. The van der Waals surface area contributed by atoms with E-state index in [2.05, 4.69) is 12.2 Å². The first-order valence-electron chi connectivity index (χ1n) is 11.9. The van der Waals surface area contributed by atoms with Crippen LogP contribution in [-0.4, -0.2) is 51.5 Å². The summed E-state index contributed by atoms with van der Waals surface area (Å²) in [7, 11) is -2.00. The third-order valence-electron chi connectivity index (χ3n) is 6.21. The summed E-state index contributed by atoms with van der Waals surface area (Å²) in [4.78, 5) is 12.8. The summed E-state index contributed by atoms with van der Waals surface area (Å²) in [6, 6.07) is 10.7. The van der Waals surface area contributed by atoms with E-state index in [-0.39, 0.29) is 23.3 Å². The van der Waals surface area contributed by atoms with Crippen molar-refractivity contribution in [2.24, 2.45) is 0 Å². The van der Waals surface area contributed by atoms with Crippen molar-refractivity contribution in [2.75, 3.05) is 26.8 Å². The van der Waals surface area contributed by atoms with Gasteiger partial charge < -0.3 is 14.8 Å². The maximum Gasteiger partial charge on any atom is 0.243 e. The van der Waals surface area contributed by atoms with Crippen LogP contribution in [0.1, 0.15) is 49.3 Å². The Hall–Kier alpha value is -2.58. The molecule has 1 N–H and O–H groups in total. The molecule has 1 aliphatic rings. The highest BCUT2D eigenvalue weighted by atomic mass is 32.2. The molecule has 0 spiro atoms. The highest BCUT2D eigenvalue weighted by Crippen LogP contribution is 2.27. The smallest absolute Gasteiger partial charge is 0.243 e. The van der Waals surface area contributed by atoms with Gasteiger partial charge in [0.15, 0.2) is 0 Å². The van der Waals surface area contributed by atoms with Gasteiger partial charge in [-0.15, -0.1) is 0 Å². The summed E-state index contributed by atoms with van der Waals surface area (Å²) in [5, 5.41) is 2.95. The molecular weight excluding hydrogens is 452 g/mol. The molecule has 8 heteroatoms. The predicted molar refractivity (Wildman–Crippen MR) is 133 cm³/mol. The molecule has 2 aromatic carbocycles. The summed E-state index contributed by atoms with van der Waals surface area (Å²) in [6.07, 6.45) is 3.42. The Morgan fingerprint density at radius 3 is 2.47 bits per heavy atom. The Labute approximate surface area is 203 Å². The second-order valence-corrected chi connectivity index (χ2v) is 10.9. The van der Waals surface area contributed by atoms with Crippen molar-refractivity contribution in [3.63, 3.8) is 0 Å². The Morgan fingerprint density at radius 2 is 1.79 bits per heavy atom. The van der Waals surface area contributed by atoms with Gasteiger partial charge in [0.1, 0.15) is 18.1 Å². The molecule has 3 rings (SSSR count). The van der Waals surface area contributed by atoms with E-state index in [0.717, 1.165) is 30.6 Å². The number of ether oxygens (including phenoxy) is 2. The summed E-state index contributed by atoms with van der Waals surface area (Å²) in [5.41, 5.74) is 3.07. The van der Waals surface area contributed by atoms with Gasteiger partial charge >= 0.3 is 0 Å². The zero-order chi connectivity index (χ0) is 24.7. The third kappa shape index (κ3) is 6.73. The number of hydrogen-bond donors (Lipinski definition) is 1. The number of nitrogens with zero attached hydrogens (tertiary/aromatic N) is 1. The lowest BCUT2D eigenvalue weighted by Crippen LogP contribution is -2.37. The molecule has 2 aromatic rings. The molecule has 1 fully saturated rings. The van der Waals surface area contributed by atoms with Gasteiger partial charge in [0.05, 0.1) is 18.0 Å². The molecule has 0 aliphatic carbocycles. The van der Waals surface area contributed by atoms with Crippen LogP contribution in [0.15, 0.2) is 41.3 Å². The minimum atomic E-state index is -3.55. The van der Waals surface area contributed by atoms with Gasteiger partial charge in [0.2, 0.25) is 15.9 Å². The summed E-state index contributed by atoms with van der Waals surface area (Å²) in [6.45, 7) is 7.44. The van der Waals surface area contributed by atoms with Crippen LogP contribution < -0.4 is 14.8 Å². The molecule has 34 heavy (non-hydrogen) atoms. The topological polar surface area (TPSA) is 84.9 Å². The fraction of sp³-hybridized carbons (Fsp3) is 0.500. The summed E-state index contributed by atoms with van der Waals surface area (Å²) >= 11 is 0. The molecule has 0 bridgehead atoms. The molecule has 1 heterocycles. The number of nitrogens with one attached hydrogen (secondary N) is 1. The molecule has 1 aliphatic heterocycles. The van der Waals surface area contributed by atoms with Crippen molar-refractivity contribution in [1.82, 2.24) is 9.62 Å². The molecule has 7 nitrogen and oxygen atoms in total. The summed E-state index contributed by atoms with van der Waals surface area (Å²) in [5.74, 6) is 1.24. The van der Waals surface area contributed by atoms with Crippen LogP contribution in [0.5, 0.6) is 11.5 Å². The van der Waals surface area contributed by atoms with E-state index in [4.69, 9.17) is 9.47 Å². The number of aryl methyl sites for hydroxylation is 3. The first kappa shape index (κ1) is 26.0. The maximum absolute atomic E-state index is 13.0. The van der Waals surface area contributed by atoms with Crippen LogP contribution in [0.2, 0.25) is 0 Å². The normalized spacial score (nSPS) is 15.5. The highest BCUT2D eigenvalue weighted by Gasteiger charge is 2.26. The second kappa shape index (κ2) is 11.7. The fourth-order valence-corrected chi connectivity index (χ4v) is 5.60. The standard InChI is InChI=1S/C26H36N2O5S/c1-19-8-10-23(16-20(19)2)33-18-21(3)27-26(29)13-9-22-17-24(11-12-25(22)32-4)34(30,31)28-14-6-5-7-15-28/h8,10-12,16-17,21H,5-7,9,13-15,18H2,1-4H3,(H,27,29)/t21-/m1/s1. The van der Waals surface area contributed by atoms with Crippen molar-refractivity contribution in [1.29, 1.82) is 0 Å². The molecule has 0 unspecified atom stereocenters. The van der Waals surface area contributed by atoms with Gasteiger partial charge in [-0.3, -0.25) is 4.79 Å². The Bertz CT molecular complexity index is 1090. The third-order valence-corrected chi connectivity index (χ3v) is 8.11. The van der Waals surface area contributed by atoms with Gasteiger partial charge in [-0.05, 0) is 87.1 Å². The number of amides is 1. The predicted octanol–water partition coefficient (Wildman–Crippen LogP) is 4.00. The van der Waals surface area contributed by atoms with E-state index in [1.807, 2.05) is 32.0 Å². The van der Waals surface area contributed by atoms with E-state index >= 15 is 0 Å². The average molecular weight is 489 g/mol. The Balaban J connectivity index is 1.57. The van der Waals surface area contributed by atoms with E-state index in [0.29, 0.717) is 37.4 Å². The monoisotopic (exact) mass is 488 g/mol. The molecule has 1 atom stereocenters. The van der Waals surface area contributed by atoms with E-state index < -0.39 is 10.0 Å². The number of methoxy groups -OCH3 is 1. The minimum Gasteiger partial charge on any atom is -0.496 e. The Kier molecular flexibility index (Phi) is 8.97. The number of sulfonamides is 1. The number of rotatable bonds is 10. The van der Waals surface area contributed by atoms with Crippen molar-refractivity contribution in [2.45, 2.75) is 63.8 Å². The number of carbonyl (C=O) groups is 1. The molecule has 0 aromatic heterocycles. The zero-order valence-corrected chi connectivity index (χ0v) is 21.4. The maximum atomic E-state index is 13.0. The van der Waals surface area contributed by atoms with Crippen LogP contribution in [-0.2, 0) is 21.2 Å². The molecule has 1 amide bonds. The molecule has 0 saturated carbocycles. The highest BCUT2D eigenvalue weighted by molar-refractivity contribution is 7.89. The number of hydrogen-bond acceptors (Lipinski definition) is 5. The van der Waals surface area contributed by atoms with Crippen LogP contribution in [0.25, 0.3) is 0 Å². The number of benzene rings is 2. The number of carbonyl (C=O) groups excluding carboxylic acids is 1. The first-order chi connectivity index (χ1) is 16.2. The Morgan fingerprint density at radius 1 is 1.06 bits per heavy atom. The van der Waals surface area contributed by atoms with Crippen molar-refractivity contribution in [3.05, 3.63) is 53.1 Å². The lowest BCUT2D eigenvalue weighted by molar-refractivity contribution is -0.121. The summed E-state index contributed by atoms with van der Waals surface area (Å²) < 4.78 is 38.9. The average Bonchev–Trinajstić information content (AvgIpc) is 2.83. The lowest BCUT2D eigenvalue weighted by Gasteiger charge is -2.26. The van der Waals surface area contributed by atoms with Crippen LogP contribution in [0.4, 0.5) is 0 Å². The largest absolute Gasteiger partial charge is 0.496 e. The van der Waals surface area contributed by atoms with Gasteiger partial charge in [0.25, 0.3) is 0 Å². The van der Waals surface area contributed by atoms with Gasteiger partial charge in [-0.1, -0.05) is 12.5 Å². The van der Waals surface area contributed by atoms with Crippen LogP contribution in [0, 0.1) is 13.8 Å². The van der Waals surface area contributed by atoms with Crippen molar-refractivity contribution < 1.29 is 22.7 Å². The molecule has 1 saturated heterocycles. The number of piperidine rings is 1.